The maximum atomic E-state index is 11.5. The third kappa shape index (κ3) is 3.66. The molecule has 0 radical (unpaired) electrons. The summed E-state index contributed by atoms with van der Waals surface area (Å²) in [5.41, 5.74) is 7.20. The molecule has 2 heterocycles. The van der Waals surface area contributed by atoms with Crippen LogP contribution in [0.1, 0.15) is 50.3 Å². The lowest BCUT2D eigenvalue weighted by Gasteiger charge is -2.22. The molecule has 2 aliphatic rings. The second-order valence-corrected chi connectivity index (χ2v) is 8.84. The number of nitrogens with zero attached hydrogens (tertiary/aromatic N) is 2. The van der Waals surface area contributed by atoms with Crippen LogP contribution >= 0.6 is 0 Å². The molecular formula is C15H25N3O2S. The van der Waals surface area contributed by atoms with Gasteiger partial charge in [0.1, 0.15) is 0 Å². The highest BCUT2D eigenvalue weighted by molar-refractivity contribution is 7.91. The van der Waals surface area contributed by atoms with E-state index in [1.807, 2.05) is 6.07 Å². The van der Waals surface area contributed by atoms with Gasteiger partial charge in [-0.1, -0.05) is 19.3 Å². The maximum absolute atomic E-state index is 11.5. The summed E-state index contributed by atoms with van der Waals surface area (Å²) in [6, 6.07) is 2.48. The average Bonchev–Trinajstić information content (AvgIpc) is 3.06. The van der Waals surface area contributed by atoms with Crippen molar-refractivity contribution in [2.45, 2.75) is 57.0 Å². The van der Waals surface area contributed by atoms with Gasteiger partial charge < -0.3 is 5.73 Å². The smallest absolute Gasteiger partial charge is 0.150 e. The lowest BCUT2D eigenvalue weighted by atomic mass is 9.96. The summed E-state index contributed by atoms with van der Waals surface area (Å²) in [7, 11) is -2.85. The standard InChI is InChI=1S/C15H25N3O2S/c16-15(12-7-9-21(19,20)11-12)10-13-6-8-18(17-13)14-4-2-1-3-5-14/h6,8,12,14-15H,1-5,7,9-11,16H2. The van der Waals surface area contributed by atoms with Gasteiger partial charge in [0.25, 0.3) is 0 Å². The highest BCUT2D eigenvalue weighted by atomic mass is 32.2. The first kappa shape index (κ1) is 15.0. The van der Waals surface area contributed by atoms with Crippen molar-refractivity contribution >= 4 is 9.84 Å². The molecular weight excluding hydrogens is 286 g/mol. The van der Waals surface area contributed by atoms with Crippen LogP contribution in [0.2, 0.25) is 0 Å². The molecule has 6 heteroatoms. The Balaban J connectivity index is 1.59. The van der Waals surface area contributed by atoms with E-state index >= 15 is 0 Å². The fourth-order valence-corrected chi connectivity index (χ4v) is 5.50. The Morgan fingerprint density at radius 3 is 2.71 bits per heavy atom. The molecule has 0 amide bonds. The van der Waals surface area contributed by atoms with Crippen LogP contribution < -0.4 is 5.73 Å². The number of aromatic nitrogens is 2. The van der Waals surface area contributed by atoms with Crippen molar-refractivity contribution in [3.8, 4) is 0 Å². The first-order valence-electron chi connectivity index (χ1n) is 8.03. The summed E-state index contributed by atoms with van der Waals surface area (Å²) < 4.78 is 25.2. The molecule has 21 heavy (non-hydrogen) atoms. The van der Waals surface area contributed by atoms with E-state index in [1.165, 1.54) is 32.1 Å². The fraction of sp³-hybridized carbons (Fsp3) is 0.800. The predicted molar refractivity (Wildman–Crippen MR) is 82.8 cm³/mol. The third-order valence-corrected chi connectivity index (χ3v) is 6.72. The first-order valence-corrected chi connectivity index (χ1v) is 9.86. The number of hydrogen-bond acceptors (Lipinski definition) is 4. The van der Waals surface area contributed by atoms with Crippen molar-refractivity contribution in [3.63, 3.8) is 0 Å². The van der Waals surface area contributed by atoms with Gasteiger partial charge in [0.05, 0.1) is 23.2 Å². The van der Waals surface area contributed by atoms with Crippen molar-refractivity contribution in [2.75, 3.05) is 11.5 Å². The van der Waals surface area contributed by atoms with Crippen LogP contribution in [0.4, 0.5) is 0 Å². The molecule has 1 saturated carbocycles. The van der Waals surface area contributed by atoms with Gasteiger partial charge in [0.15, 0.2) is 9.84 Å². The SMILES string of the molecule is NC(Cc1ccn(C2CCCCC2)n1)C1CCS(=O)(=O)C1. The van der Waals surface area contributed by atoms with Crippen molar-refractivity contribution in [1.82, 2.24) is 9.78 Å². The van der Waals surface area contributed by atoms with E-state index in [1.54, 1.807) is 0 Å². The maximum Gasteiger partial charge on any atom is 0.150 e. The molecule has 1 aromatic rings. The third-order valence-electron chi connectivity index (χ3n) is 4.93. The molecule has 0 aromatic carbocycles. The van der Waals surface area contributed by atoms with Crippen molar-refractivity contribution in [1.29, 1.82) is 0 Å². The van der Waals surface area contributed by atoms with Gasteiger partial charge in [0.2, 0.25) is 0 Å². The molecule has 5 nitrogen and oxygen atoms in total. The van der Waals surface area contributed by atoms with Crippen molar-refractivity contribution < 1.29 is 8.42 Å². The summed E-state index contributed by atoms with van der Waals surface area (Å²) in [6.45, 7) is 0. The lowest BCUT2D eigenvalue weighted by molar-refractivity contribution is 0.327. The Morgan fingerprint density at radius 1 is 1.29 bits per heavy atom. The zero-order valence-electron chi connectivity index (χ0n) is 12.4. The largest absolute Gasteiger partial charge is 0.327 e. The second-order valence-electron chi connectivity index (χ2n) is 6.61. The summed E-state index contributed by atoms with van der Waals surface area (Å²) in [6.07, 6.45) is 9.79. The molecule has 1 aromatic heterocycles. The zero-order valence-corrected chi connectivity index (χ0v) is 13.3. The molecule has 1 aliphatic heterocycles. The van der Waals surface area contributed by atoms with Gasteiger partial charge >= 0.3 is 0 Å². The molecule has 0 spiro atoms. The summed E-state index contributed by atoms with van der Waals surface area (Å²) in [5, 5.41) is 4.67. The van der Waals surface area contributed by atoms with Crippen LogP contribution in [0.25, 0.3) is 0 Å². The average molecular weight is 311 g/mol. The first-order chi connectivity index (χ1) is 10.0. The van der Waals surface area contributed by atoms with E-state index in [0.29, 0.717) is 24.6 Å². The molecule has 3 rings (SSSR count). The molecule has 2 fully saturated rings. The molecule has 1 saturated heterocycles. The van der Waals surface area contributed by atoms with E-state index in [4.69, 9.17) is 5.73 Å². The highest BCUT2D eigenvalue weighted by Crippen LogP contribution is 2.28. The van der Waals surface area contributed by atoms with E-state index in [-0.39, 0.29) is 17.7 Å². The van der Waals surface area contributed by atoms with Gasteiger partial charge in [-0.25, -0.2) is 8.42 Å². The minimum absolute atomic E-state index is 0.0924. The van der Waals surface area contributed by atoms with E-state index in [2.05, 4.69) is 16.0 Å². The monoisotopic (exact) mass is 311 g/mol. The van der Waals surface area contributed by atoms with Crippen LogP contribution in [0.3, 0.4) is 0 Å². The number of nitrogens with two attached hydrogens (primary N) is 1. The molecule has 1 aliphatic carbocycles. The summed E-state index contributed by atoms with van der Waals surface area (Å²) >= 11 is 0. The van der Waals surface area contributed by atoms with Crippen LogP contribution in [-0.2, 0) is 16.3 Å². The Kier molecular flexibility index (Phi) is 4.36. The van der Waals surface area contributed by atoms with Gasteiger partial charge in [0, 0.05) is 18.7 Å². The van der Waals surface area contributed by atoms with Gasteiger partial charge in [-0.2, -0.15) is 5.10 Å². The molecule has 2 unspecified atom stereocenters. The Labute approximate surface area is 126 Å². The minimum Gasteiger partial charge on any atom is -0.327 e. The van der Waals surface area contributed by atoms with Crippen LogP contribution in [-0.4, -0.2) is 35.7 Å². The van der Waals surface area contributed by atoms with Crippen molar-refractivity contribution in [2.24, 2.45) is 11.7 Å². The van der Waals surface area contributed by atoms with Crippen LogP contribution in [0.5, 0.6) is 0 Å². The number of rotatable bonds is 4. The van der Waals surface area contributed by atoms with Crippen LogP contribution in [0, 0.1) is 5.92 Å². The quantitative estimate of drug-likeness (QED) is 0.918. The Bertz CT molecular complexity index is 575. The van der Waals surface area contributed by atoms with E-state index in [0.717, 1.165) is 5.69 Å². The van der Waals surface area contributed by atoms with Crippen LogP contribution in [0.15, 0.2) is 12.3 Å². The van der Waals surface area contributed by atoms with Crippen molar-refractivity contribution in [3.05, 3.63) is 18.0 Å². The van der Waals surface area contributed by atoms with E-state index < -0.39 is 9.84 Å². The van der Waals surface area contributed by atoms with Gasteiger partial charge in [-0.15, -0.1) is 0 Å². The number of hydrogen-bond donors (Lipinski definition) is 1. The predicted octanol–water partition coefficient (Wildman–Crippen LogP) is 1.69. The molecule has 0 bridgehead atoms. The number of sulfone groups is 1. The summed E-state index contributed by atoms with van der Waals surface area (Å²) in [4.78, 5) is 0. The Hall–Kier alpha value is -0.880. The normalized spacial score (nSPS) is 27.8. The Morgan fingerprint density at radius 2 is 2.05 bits per heavy atom. The fourth-order valence-electron chi connectivity index (χ4n) is 3.60. The highest BCUT2D eigenvalue weighted by Gasteiger charge is 2.32. The molecule has 2 atom stereocenters. The van der Waals surface area contributed by atoms with Gasteiger partial charge in [-0.05, 0) is 31.2 Å². The van der Waals surface area contributed by atoms with Gasteiger partial charge in [-0.3, -0.25) is 4.68 Å². The minimum atomic E-state index is -2.85. The second kappa shape index (κ2) is 6.08. The van der Waals surface area contributed by atoms with E-state index in [9.17, 15) is 8.42 Å². The topological polar surface area (TPSA) is 78.0 Å². The summed E-state index contributed by atoms with van der Waals surface area (Å²) in [5.74, 6) is 0.633. The lowest BCUT2D eigenvalue weighted by Crippen LogP contribution is -2.33. The molecule has 2 N–H and O–H groups in total. The zero-order chi connectivity index (χ0) is 14.9. The molecule has 118 valence electrons.